The molecule has 1 aliphatic heterocycles. The predicted octanol–water partition coefficient (Wildman–Crippen LogP) is 1.64. The average Bonchev–Trinajstić information content (AvgIpc) is 2.76. The van der Waals surface area contributed by atoms with Crippen molar-refractivity contribution in [2.45, 2.75) is 0 Å². The van der Waals surface area contributed by atoms with Crippen molar-refractivity contribution < 1.29 is 19.0 Å². The summed E-state index contributed by atoms with van der Waals surface area (Å²) in [6.07, 6.45) is 1.66. The maximum Gasteiger partial charge on any atom is 0.286 e. The van der Waals surface area contributed by atoms with Crippen molar-refractivity contribution in [3.05, 3.63) is 22.6 Å². The molecular weight excluding hydrogens is 280 g/mol. The molecule has 0 radical (unpaired) electrons. The maximum atomic E-state index is 11.6. The molecular formula is C13H14N2O4S. The van der Waals surface area contributed by atoms with E-state index in [2.05, 4.69) is 4.99 Å². The summed E-state index contributed by atoms with van der Waals surface area (Å²) in [5.74, 6) is 1.14. The molecule has 0 unspecified atom stereocenters. The maximum absolute atomic E-state index is 11.6. The third-order valence-electron chi connectivity index (χ3n) is 2.66. The molecule has 1 aromatic carbocycles. The highest BCUT2D eigenvalue weighted by Crippen LogP contribution is 2.41. The number of amides is 1. The molecule has 1 heterocycles. The molecule has 7 heteroatoms. The quantitative estimate of drug-likeness (QED) is 0.850. The zero-order valence-corrected chi connectivity index (χ0v) is 12.1. The number of carbonyl (C=O) groups is 1. The Morgan fingerprint density at radius 1 is 1.15 bits per heavy atom. The van der Waals surface area contributed by atoms with Crippen LogP contribution >= 0.6 is 11.8 Å². The van der Waals surface area contributed by atoms with Crippen LogP contribution in [0.5, 0.6) is 17.2 Å². The van der Waals surface area contributed by atoms with Crippen LogP contribution < -0.4 is 19.9 Å². The van der Waals surface area contributed by atoms with Crippen molar-refractivity contribution in [1.82, 2.24) is 0 Å². The highest BCUT2D eigenvalue weighted by molar-refractivity contribution is 8.18. The van der Waals surface area contributed by atoms with Gasteiger partial charge in [0.2, 0.25) is 5.75 Å². The number of nitrogens with two attached hydrogens (primary N) is 1. The number of methoxy groups -OCH3 is 3. The van der Waals surface area contributed by atoms with Gasteiger partial charge in [-0.05, 0) is 30.0 Å². The fourth-order valence-electron chi connectivity index (χ4n) is 1.80. The summed E-state index contributed by atoms with van der Waals surface area (Å²) in [7, 11) is 4.59. The second-order valence-corrected chi connectivity index (χ2v) is 4.85. The predicted molar refractivity (Wildman–Crippen MR) is 78.3 cm³/mol. The molecule has 1 aliphatic rings. The van der Waals surface area contributed by atoms with E-state index in [1.165, 1.54) is 14.2 Å². The van der Waals surface area contributed by atoms with E-state index in [0.717, 1.165) is 11.8 Å². The molecule has 6 nitrogen and oxygen atoms in total. The lowest BCUT2D eigenvalue weighted by atomic mass is 10.1. The summed E-state index contributed by atoms with van der Waals surface area (Å²) in [5.41, 5.74) is 6.20. The molecule has 0 saturated heterocycles. The van der Waals surface area contributed by atoms with Crippen LogP contribution in [0.2, 0.25) is 0 Å². The fraction of sp³-hybridized carbons (Fsp3) is 0.231. The first-order valence-electron chi connectivity index (χ1n) is 5.67. The Bertz CT molecular complexity index is 611. The molecule has 2 rings (SSSR count). The molecule has 1 amide bonds. The molecule has 1 aromatic rings. The third kappa shape index (κ3) is 2.57. The van der Waals surface area contributed by atoms with Gasteiger partial charge in [-0.25, -0.2) is 0 Å². The van der Waals surface area contributed by atoms with Gasteiger partial charge >= 0.3 is 0 Å². The van der Waals surface area contributed by atoms with Crippen LogP contribution in [-0.4, -0.2) is 32.4 Å². The third-order valence-corrected chi connectivity index (χ3v) is 3.47. The average molecular weight is 294 g/mol. The van der Waals surface area contributed by atoms with Crippen molar-refractivity contribution >= 4 is 28.9 Å². The summed E-state index contributed by atoms with van der Waals surface area (Å²) < 4.78 is 15.8. The number of benzene rings is 1. The Morgan fingerprint density at radius 3 is 2.35 bits per heavy atom. The van der Waals surface area contributed by atoms with E-state index >= 15 is 0 Å². The molecule has 0 spiro atoms. The first-order chi connectivity index (χ1) is 9.60. The van der Waals surface area contributed by atoms with E-state index in [1.54, 1.807) is 25.3 Å². The van der Waals surface area contributed by atoms with Crippen molar-refractivity contribution in [3.63, 3.8) is 0 Å². The lowest BCUT2D eigenvalue weighted by molar-refractivity contribution is -0.113. The van der Waals surface area contributed by atoms with Gasteiger partial charge in [0.25, 0.3) is 5.91 Å². The van der Waals surface area contributed by atoms with E-state index in [9.17, 15) is 4.79 Å². The molecule has 0 bridgehead atoms. The van der Waals surface area contributed by atoms with Gasteiger partial charge in [-0.3, -0.25) is 4.79 Å². The van der Waals surface area contributed by atoms with Gasteiger partial charge in [0.05, 0.1) is 26.2 Å². The molecule has 0 atom stereocenters. The number of carbonyl (C=O) groups excluding carboxylic acids is 1. The first kappa shape index (κ1) is 14.3. The van der Waals surface area contributed by atoms with Crippen molar-refractivity contribution in [1.29, 1.82) is 0 Å². The zero-order chi connectivity index (χ0) is 14.7. The van der Waals surface area contributed by atoms with E-state index in [-0.39, 0.29) is 11.1 Å². The van der Waals surface area contributed by atoms with Gasteiger partial charge in [-0.1, -0.05) is 0 Å². The Morgan fingerprint density at radius 2 is 1.85 bits per heavy atom. The number of ether oxygens (including phenoxy) is 3. The molecule has 2 N–H and O–H groups in total. The van der Waals surface area contributed by atoms with Gasteiger partial charge < -0.3 is 19.9 Å². The first-order valence-corrected chi connectivity index (χ1v) is 6.49. The number of thioether (sulfide) groups is 1. The van der Waals surface area contributed by atoms with Crippen LogP contribution in [-0.2, 0) is 4.79 Å². The number of hydrogen-bond acceptors (Lipinski definition) is 6. The molecule has 0 fully saturated rings. The summed E-state index contributed by atoms with van der Waals surface area (Å²) in [6.45, 7) is 0. The van der Waals surface area contributed by atoms with E-state index in [1.807, 2.05) is 0 Å². The summed E-state index contributed by atoms with van der Waals surface area (Å²) in [4.78, 5) is 15.7. The minimum Gasteiger partial charge on any atom is -0.493 e. The minimum absolute atomic E-state index is 0.237. The Kier molecular flexibility index (Phi) is 4.19. The smallest absolute Gasteiger partial charge is 0.286 e. The van der Waals surface area contributed by atoms with Crippen LogP contribution in [0.15, 0.2) is 22.0 Å². The van der Waals surface area contributed by atoms with Crippen LogP contribution in [0, 0.1) is 0 Å². The highest BCUT2D eigenvalue weighted by atomic mass is 32.2. The van der Waals surface area contributed by atoms with Gasteiger partial charge in [-0.2, -0.15) is 4.99 Å². The second-order valence-electron chi connectivity index (χ2n) is 3.79. The van der Waals surface area contributed by atoms with E-state index < -0.39 is 0 Å². The SMILES string of the molecule is COc1ccc(/C=C2/SC(N)=NC2=O)c(OC)c1OC. The summed E-state index contributed by atoms with van der Waals surface area (Å²) >= 11 is 1.12. The van der Waals surface area contributed by atoms with Crippen LogP contribution in [0.4, 0.5) is 0 Å². The minimum atomic E-state index is -0.357. The molecule has 106 valence electrons. The topological polar surface area (TPSA) is 83.1 Å². The van der Waals surface area contributed by atoms with Crippen LogP contribution in [0.3, 0.4) is 0 Å². The number of aliphatic imine (C=N–C) groups is 1. The van der Waals surface area contributed by atoms with Gasteiger partial charge in [0, 0.05) is 5.56 Å². The van der Waals surface area contributed by atoms with Gasteiger partial charge in [-0.15, -0.1) is 0 Å². The van der Waals surface area contributed by atoms with Gasteiger partial charge in [0.15, 0.2) is 16.7 Å². The van der Waals surface area contributed by atoms with E-state index in [4.69, 9.17) is 19.9 Å². The van der Waals surface area contributed by atoms with E-state index in [0.29, 0.717) is 27.7 Å². The Labute approximate surface area is 120 Å². The highest BCUT2D eigenvalue weighted by Gasteiger charge is 2.21. The van der Waals surface area contributed by atoms with Crippen molar-refractivity contribution in [2.75, 3.05) is 21.3 Å². The summed E-state index contributed by atoms with van der Waals surface area (Å²) in [5, 5.41) is 0.237. The normalized spacial score (nSPS) is 16.2. The Balaban J connectivity index is 2.48. The Hall–Kier alpha value is -2.15. The lowest BCUT2D eigenvalue weighted by Crippen LogP contribution is -2.01. The molecule has 0 saturated carbocycles. The standard InChI is InChI=1S/C13H14N2O4S/c1-17-8-5-4-7(10(18-2)11(8)19-3)6-9-12(16)15-13(14)20-9/h4-6H,1-3H3,(H2,14,15,16)/b9-6+. The largest absolute Gasteiger partial charge is 0.493 e. The molecule has 20 heavy (non-hydrogen) atoms. The monoisotopic (exact) mass is 294 g/mol. The number of nitrogens with zero attached hydrogens (tertiary/aromatic N) is 1. The van der Waals surface area contributed by atoms with Gasteiger partial charge in [0.1, 0.15) is 0 Å². The number of hydrogen-bond donors (Lipinski definition) is 1. The fourth-order valence-corrected chi connectivity index (χ4v) is 2.48. The van der Waals surface area contributed by atoms with Crippen LogP contribution in [0.25, 0.3) is 6.08 Å². The number of rotatable bonds is 4. The molecule has 0 aromatic heterocycles. The number of amidine groups is 1. The lowest BCUT2D eigenvalue weighted by Gasteiger charge is -2.14. The van der Waals surface area contributed by atoms with Crippen LogP contribution in [0.1, 0.15) is 5.56 Å². The summed E-state index contributed by atoms with van der Waals surface area (Å²) in [6, 6.07) is 3.51. The zero-order valence-electron chi connectivity index (χ0n) is 11.3. The van der Waals surface area contributed by atoms with Crippen molar-refractivity contribution in [3.8, 4) is 17.2 Å². The molecule has 0 aliphatic carbocycles. The van der Waals surface area contributed by atoms with Crippen molar-refractivity contribution in [2.24, 2.45) is 10.7 Å². The second kappa shape index (κ2) is 5.87.